The van der Waals surface area contributed by atoms with Gasteiger partial charge in [0.15, 0.2) is 0 Å². The van der Waals surface area contributed by atoms with E-state index in [-0.39, 0.29) is 0 Å². The van der Waals surface area contributed by atoms with Crippen LogP contribution in [0.25, 0.3) is 5.69 Å². The standard InChI is InChI=1S/C11H14N4/c1-9-6-12-15(8-9)11-7-13-14-5-3-2-4-10(11)14/h6-8H,2-5H2,1H3. The molecule has 1 aliphatic heterocycles. The van der Waals surface area contributed by atoms with Gasteiger partial charge in [0.25, 0.3) is 0 Å². The zero-order chi connectivity index (χ0) is 10.3. The summed E-state index contributed by atoms with van der Waals surface area (Å²) in [7, 11) is 0. The molecule has 0 aromatic carbocycles. The summed E-state index contributed by atoms with van der Waals surface area (Å²) in [4.78, 5) is 0. The molecule has 0 radical (unpaired) electrons. The van der Waals surface area contributed by atoms with Crippen LogP contribution >= 0.6 is 0 Å². The molecule has 0 spiro atoms. The first-order valence-electron chi connectivity index (χ1n) is 5.41. The summed E-state index contributed by atoms with van der Waals surface area (Å²) in [5, 5.41) is 8.73. The van der Waals surface area contributed by atoms with Crippen molar-refractivity contribution >= 4 is 0 Å². The van der Waals surface area contributed by atoms with E-state index in [0.29, 0.717) is 0 Å². The Bertz CT molecular complexity index is 480. The third-order valence-electron chi connectivity index (χ3n) is 2.92. The highest BCUT2D eigenvalue weighted by atomic mass is 15.3. The van der Waals surface area contributed by atoms with Gasteiger partial charge < -0.3 is 0 Å². The van der Waals surface area contributed by atoms with E-state index >= 15 is 0 Å². The van der Waals surface area contributed by atoms with Crippen molar-refractivity contribution in [3.05, 3.63) is 29.8 Å². The maximum absolute atomic E-state index is 4.40. The molecule has 0 fully saturated rings. The van der Waals surface area contributed by atoms with Crippen molar-refractivity contribution in [3.63, 3.8) is 0 Å². The highest BCUT2D eigenvalue weighted by molar-refractivity contribution is 5.35. The minimum Gasteiger partial charge on any atom is -0.267 e. The fourth-order valence-corrected chi connectivity index (χ4v) is 2.14. The second-order valence-corrected chi connectivity index (χ2v) is 4.12. The predicted octanol–water partition coefficient (Wildman–Crippen LogP) is 1.71. The Morgan fingerprint density at radius 3 is 2.93 bits per heavy atom. The van der Waals surface area contributed by atoms with Gasteiger partial charge in [-0.1, -0.05) is 0 Å². The van der Waals surface area contributed by atoms with Crippen LogP contribution < -0.4 is 0 Å². The van der Waals surface area contributed by atoms with Crippen LogP contribution in [0.1, 0.15) is 24.1 Å². The van der Waals surface area contributed by atoms with E-state index in [1.54, 1.807) is 0 Å². The van der Waals surface area contributed by atoms with E-state index in [0.717, 1.165) is 18.7 Å². The first-order valence-corrected chi connectivity index (χ1v) is 5.41. The number of aromatic nitrogens is 4. The molecule has 0 unspecified atom stereocenters. The number of rotatable bonds is 1. The van der Waals surface area contributed by atoms with Gasteiger partial charge in [-0.05, 0) is 31.7 Å². The van der Waals surface area contributed by atoms with Gasteiger partial charge in [-0.15, -0.1) is 0 Å². The molecular weight excluding hydrogens is 188 g/mol. The average Bonchev–Trinajstić information content (AvgIpc) is 2.83. The molecule has 2 aromatic rings. The number of hydrogen-bond donors (Lipinski definition) is 0. The van der Waals surface area contributed by atoms with Crippen molar-refractivity contribution in [3.8, 4) is 5.69 Å². The van der Waals surface area contributed by atoms with Gasteiger partial charge in [-0.2, -0.15) is 10.2 Å². The summed E-state index contributed by atoms with van der Waals surface area (Å²) in [6.07, 6.45) is 9.48. The Labute approximate surface area is 88.5 Å². The molecule has 3 heterocycles. The monoisotopic (exact) mass is 202 g/mol. The van der Waals surface area contributed by atoms with E-state index in [9.17, 15) is 0 Å². The Balaban J connectivity index is 2.08. The molecule has 4 heteroatoms. The molecule has 0 saturated carbocycles. The zero-order valence-electron chi connectivity index (χ0n) is 8.85. The van der Waals surface area contributed by atoms with Gasteiger partial charge in [-0.25, -0.2) is 4.68 Å². The summed E-state index contributed by atoms with van der Waals surface area (Å²) in [5.41, 5.74) is 3.65. The third-order valence-corrected chi connectivity index (χ3v) is 2.92. The molecule has 0 amide bonds. The molecule has 1 aliphatic rings. The van der Waals surface area contributed by atoms with Crippen molar-refractivity contribution in [1.29, 1.82) is 0 Å². The fourth-order valence-electron chi connectivity index (χ4n) is 2.14. The summed E-state index contributed by atoms with van der Waals surface area (Å²) in [6.45, 7) is 3.11. The van der Waals surface area contributed by atoms with E-state index in [1.165, 1.54) is 24.1 Å². The van der Waals surface area contributed by atoms with Gasteiger partial charge in [0.1, 0.15) is 5.69 Å². The Hall–Kier alpha value is -1.58. The third kappa shape index (κ3) is 1.37. The van der Waals surface area contributed by atoms with Crippen LogP contribution in [0.4, 0.5) is 0 Å². The van der Waals surface area contributed by atoms with E-state index in [4.69, 9.17) is 0 Å². The minimum absolute atomic E-state index is 1.05. The van der Waals surface area contributed by atoms with E-state index < -0.39 is 0 Å². The normalized spacial score (nSPS) is 15.3. The highest BCUT2D eigenvalue weighted by Crippen LogP contribution is 2.20. The first kappa shape index (κ1) is 8.71. The second kappa shape index (κ2) is 3.22. The first-order chi connectivity index (χ1) is 7.34. The van der Waals surface area contributed by atoms with Gasteiger partial charge in [-0.3, -0.25) is 4.68 Å². The Morgan fingerprint density at radius 2 is 2.13 bits per heavy atom. The molecule has 0 aliphatic carbocycles. The molecule has 0 saturated heterocycles. The Morgan fingerprint density at radius 1 is 1.20 bits per heavy atom. The molecule has 2 aromatic heterocycles. The zero-order valence-corrected chi connectivity index (χ0v) is 8.85. The lowest BCUT2D eigenvalue weighted by atomic mass is 10.1. The van der Waals surface area contributed by atoms with Crippen molar-refractivity contribution < 1.29 is 0 Å². The van der Waals surface area contributed by atoms with Gasteiger partial charge in [0.05, 0.1) is 18.1 Å². The molecule has 78 valence electrons. The summed E-state index contributed by atoms with van der Waals surface area (Å²) < 4.78 is 4.04. The largest absolute Gasteiger partial charge is 0.267 e. The van der Waals surface area contributed by atoms with Crippen molar-refractivity contribution in [2.24, 2.45) is 0 Å². The number of fused-ring (bicyclic) bond motifs is 1. The van der Waals surface area contributed by atoms with Crippen LogP contribution in [0.15, 0.2) is 18.6 Å². The smallest absolute Gasteiger partial charge is 0.106 e. The highest BCUT2D eigenvalue weighted by Gasteiger charge is 2.15. The molecule has 4 nitrogen and oxygen atoms in total. The predicted molar refractivity (Wildman–Crippen MR) is 57.0 cm³/mol. The van der Waals surface area contributed by atoms with Crippen LogP contribution in [-0.4, -0.2) is 19.6 Å². The van der Waals surface area contributed by atoms with Crippen LogP contribution in [0, 0.1) is 6.92 Å². The number of nitrogens with zero attached hydrogens (tertiary/aromatic N) is 4. The lowest BCUT2D eigenvalue weighted by molar-refractivity contribution is 0.485. The molecular formula is C11H14N4. The average molecular weight is 202 g/mol. The molecule has 15 heavy (non-hydrogen) atoms. The van der Waals surface area contributed by atoms with Crippen molar-refractivity contribution in [2.75, 3.05) is 0 Å². The second-order valence-electron chi connectivity index (χ2n) is 4.12. The number of aryl methyl sites for hydroxylation is 2. The maximum Gasteiger partial charge on any atom is 0.106 e. The Kier molecular flexibility index (Phi) is 1.87. The van der Waals surface area contributed by atoms with E-state index in [2.05, 4.69) is 21.8 Å². The van der Waals surface area contributed by atoms with Crippen LogP contribution in [-0.2, 0) is 13.0 Å². The SMILES string of the molecule is Cc1cnn(-c2cnn3c2CCCC3)c1. The minimum atomic E-state index is 1.05. The lowest BCUT2D eigenvalue weighted by Gasteiger charge is -2.14. The summed E-state index contributed by atoms with van der Waals surface area (Å²) in [5.74, 6) is 0. The lowest BCUT2D eigenvalue weighted by Crippen LogP contribution is -2.12. The van der Waals surface area contributed by atoms with Crippen LogP contribution in [0.5, 0.6) is 0 Å². The van der Waals surface area contributed by atoms with Gasteiger partial charge in [0.2, 0.25) is 0 Å². The molecule has 3 rings (SSSR count). The van der Waals surface area contributed by atoms with Gasteiger partial charge >= 0.3 is 0 Å². The number of hydrogen-bond acceptors (Lipinski definition) is 2. The van der Waals surface area contributed by atoms with Crippen LogP contribution in [0.2, 0.25) is 0 Å². The van der Waals surface area contributed by atoms with Crippen molar-refractivity contribution in [2.45, 2.75) is 32.7 Å². The van der Waals surface area contributed by atoms with E-state index in [1.807, 2.05) is 23.3 Å². The summed E-state index contributed by atoms with van der Waals surface area (Å²) in [6, 6.07) is 0. The van der Waals surface area contributed by atoms with Crippen molar-refractivity contribution in [1.82, 2.24) is 19.6 Å². The maximum atomic E-state index is 4.40. The molecule has 0 N–H and O–H groups in total. The summed E-state index contributed by atoms with van der Waals surface area (Å²) >= 11 is 0. The molecule has 0 atom stereocenters. The van der Waals surface area contributed by atoms with Gasteiger partial charge in [0, 0.05) is 12.7 Å². The quantitative estimate of drug-likeness (QED) is 0.705. The topological polar surface area (TPSA) is 35.6 Å². The van der Waals surface area contributed by atoms with Crippen LogP contribution in [0.3, 0.4) is 0 Å². The fraction of sp³-hybridized carbons (Fsp3) is 0.455. The molecule has 0 bridgehead atoms.